The molecule has 1 atom stereocenters. The standard InChI is InChI=1S/C20H22Br2N2.C3H8/c1-12-8-14-2-3-15-10-16(21)11-24-20(15)19(18(14)17(22)9-12)13-4-6-23-7-5-13;1-3-2/h8-11,20,23-24H,2-7H2,1H3;3H2,1-2H3. The van der Waals surface area contributed by atoms with Crippen molar-refractivity contribution < 1.29 is 0 Å². The van der Waals surface area contributed by atoms with Crippen LogP contribution in [0.25, 0.3) is 5.57 Å². The predicted molar refractivity (Wildman–Crippen MR) is 124 cm³/mol. The summed E-state index contributed by atoms with van der Waals surface area (Å²) in [6, 6.07) is 4.95. The molecule has 27 heavy (non-hydrogen) atoms. The van der Waals surface area contributed by atoms with Gasteiger partial charge in [-0.1, -0.05) is 47.8 Å². The van der Waals surface area contributed by atoms with Crippen LogP contribution >= 0.6 is 31.9 Å². The SMILES string of the molecule is CCC.Cc1cc(Br)c2c(c1)CCC1=CC(Br)=CNC1C2=C1CCNCC1. The van der Waals surface area contributed by atoms with Gasteiger partial charge < -0.3 is 10.6 Å². The monoisotopic (exact) mass is 492 g/mol. The van der Waals surface area contributed by atoms with Gasteiger partial charge in [0.1, 0.15) is 0 Å². The minimum atomic E-state index is 0.305. The number of halogens is 2. The second-order valence-corrected chi connectivity index (χ2v) is 9.37. The molecule has 1 fully saturated rings. The van der Waals surface area contributed by atoms with Crippen LogP contribution in [0.5, 0.6) is 0 Å². The van der Waals surface area contributed by atoms with E-state index in [-0.39, 0.29) is 0 Å². The second-order valence-electron chi connectivity index (χ2n) is 7.60. The van der Waals surface area contributed by atoms with Crippen LogP contribution in [-0.2, 0) is 6.42 Å². The highest BCUT2D eigenvalue weighted by molar-refractivity contribution is 9.12. The van der Waals surface area contributed by atoms with E-state index in [1.54, 1.807) is 5.57 Å². The number of fused-ring (bicyclic) bond motifs is 2. The van der Waals surface area contributed by atoms with Gasteiger partial charge in [-0.05, 0) is 102 Å². The Morgan fingerprint density at radius 2 is 1.74 bits per heavy atom. The molecule has 146 valence electrons. The lowest BCUT2D eigenvalue weighted by Crippen LogP contribution is -2.33. The molecule has 0 spiro atoms. The fourth-order valence-electron chi connectivity index (χ4n) is 4.17. The first-order valence-electron chi connectivity index (χ1n) is 10.1. The molecular weight excluding hydrogens is 464 g/mol. The molecule has 1 aliphatic carbocycles. The van der Waals surface area contributed by atoms with Gasteiger partial charge in [-0.25, -0.2) is 0 Å². The highest BCUT2D eigenvalue weighted by Gasteiger charge is 2.31. The van der Waals surface area contributed by atoms with Crippen molar-refractivity contribution >= 4 is 37.4 Å². The van der Waals surface area contributed by atoms with Crippen molar-refractivity contribution in [2.75, 3.05) is 13.1 Å². The van der Waals surface area contributed by atoms with Crippen molar-refractivity contribution in [3.8, 4) is 0 Å². The minimum absolute atomic E-state index is 0.305. The number of rotatable bonds is 0. The first-order chi connectivity index (χ1) is 13.0. The highest BCUT2D eigenvalue weighted by atomic mass is 79.9. The van der Waals surface area contributed by atoms with Crippen molar-refractivity contribution in [1.82, 2.24) is 10.6 Å². The van der Waals surface area contributed by atoms with Gasteiger partial charge in [0.15, 0.2) is 0 Å². The average molecular weight is 494 g/mol. The molecule has 2 heterocycles. The van der Waals surface area contributed by atoms with Crippen molar-refractivity contribution in [1.29, 1.82) is 0 Å². The van der Waals surface area contributed by atoms with Crippen LogP contribution < -0.4 is 10.6 Å². The second kappa shape index (κ2) is 9.58. The van der Waals surface area contributed by atoms with E-state index in [0.29, 0.717) is 6.04 Å². The number of dihydropyridines is 1. The summed E-state index contributed by atoms with van der Waals surface area (Å²) in [5.41, 5.74) is 8.86. The molecule has 2 N–H and O–H groups in total. The Bertz CT molecular complexity index is 782. The summed E-state index contributed by atoms with van der Waals surface area (Å²) in [5.74, 6) is 0. The summed E-state index contributed by atoms with van der Waals surface area (Å²) >= 11 is 7.52. The third kappa shape index (κ3) is 4.78. The Morgan fingerprint density at radius 3 is 2.44 bits per heavy atom. The van der Waals surface area contributed by atoms with Gasteiger partial charge in [0.05, 0.1) is 6.04 Å². The van der Waals surface area contributed by atoms with Crippen LogP contribution in [0.2, 0.25) is 0 Å². The number of benzene rings is 1. The molecule has 0 radical (unpaired) electrons. The van der Waals surface area contributed by atoms with E-state index in [4.69, 9.17) is 0 Å². The molecule has 2 aliphatic heterocycles. The minimum Gasteiger partial charge on any atom is -0.379 e. The normalized spacial score (nSPS) is 21.6. The Morgan fingerprint density at radius 1 is 1.04 bits per heavy atom. The smallest absolute Gasteiger partial charge is 0.0731 e. The van der Waals surface area contributed by atoms with Gasteiger partial charge in [-0.15, -0.1) is 0 Å². The molecule has 4 rings (SSSR count). The fourth-order valence-corrected chi connectivity index (χ4v) is 5.43. The van der Waals surface area contributed by atoms with Crippen LogP contribution in [0.15, 0.2) is 44.5 Å². The van der Waals surface area contributed by atoms with Crippen LogP contribution in [-0.4, -0.2) is 19.1 Å². The Labute approximate surface area is 180 Å². The van der Waals surface area contributed by atoms with E-state index in [9.17, 15) is 0 Å². The number of hydrogen-bond acceptors (Lipinski definition) is 2. The molecule has 0 saturated carbocycles. The number of allylic oxidation sites excluding steroid dienone is 2. The van der Waals surface area contributed by atoms with Crippen molar-refractivity contribution in [2.24, 2.45) is 0 Å². The maximum atomic E-state index is 3.88. The molecule has 0 bridgehead atoms. The van der Waals surface area contributed by atoms with E-state index in [1.165, 1.54) is 38.7 Å². The molecule has 0 aromatic heterocycles. The van der Waals surface area contributed by atoms with Crippen molar-refractivity contribution in [2.45, 2.75) is 58.9 Å². The summed E-state index contributed by atoms with van der Waals surface area (Å²) < 4.78 is 2.39. The molecule has 0 amide bonds. The van der Waals surface area contributed by atoms with Gasteiger partial charge in [-0.3, -0.25) is 0 Å². The zero-order valence-corrected chi connectivity index (χ0v) is 19.8. The van der Waals surface area contributed by atoms with Crippen molar-refractivity contribution in [3.05, 3.63) is 61.2 Å². The summed E-state index contributed by atoms with van der Waals surface area (Å²) in [7, 11) is 0. The van der Waals surface area contributed by atoms with Crippen molar-refractivity contribution in [3.63, 3.8) is 0 Å². The molecule has 1 aromatic rings. The molecule has 1 saturated heterocycles. The first kappa shape index (κ1) is 20.9. The number of piperidine rings is 1. The van der Waals surface area contributed by atoms with Gasteiger partial charge in [0.25, 0.3) is 0 Å². The van der Waals surface area contributed by atoms with Crippen LogP contribution in [0.3, 0.4) is 0 Å². The Balaban J connectivity index is 0.000000659. The number of aryl methyl sites for hydroxylation is 2. The van der Waals surface area contributed by atoms with E-state index in [1.807, 2.05) is 0 Å². The van der Waals surface area contributed by atoms with Gasteiger partial charge in [-0.2, -0.15) is 0 Å². The van der Waals surface area contributed by atoms with E-state index < -0.39 is 0 Å². The zero-order valence-electron chi connectivity index (χ0n) is 16.6. The summed E-state index contributed by atoms with van der Waals surface area (Å²) in [6.45, 7) is 8.61. The molecule has 1 unspecified atom stereocenters. The quantitative estimate of drug-likeness (QED) is 0.437. The number of nitrogens with one attached hydrogen (secondary N) is 2. The molecule has 4 heteroatoms. The van der Waals surface area contributed by atoms with E-state index in [2.05, 4.69) is 87.7 Å². The molecule has 2 nitrogen and oxygen atoms in total. The molecular formula is C23H30Br2N2. The van der Waals surface area contributed by atoms with Crippen LogP contribution in [0.1, 0.15) is 56.2 Å². The Hall–Kier alpha value is -0.840. The zero-order chi connectivity index (χ0) is 19.4. The molecule has 1 aromatic carbocycles. The highest BCUT2D eigenvalue weighted by Crippen LogP contribution is 2.42. The third-order valence-electron chi connectivity index (χ3n) is 5.23. The molecule has 3 aliphatic rings. The fraction of sp³-hybridized carbons (Fsp3) is 0.478. The van der Waals surface area contributed by atoms with E-state index in [0.717, 1.165) is 43.3 Å². The van der Waals surface area contributed by atoms with Gasteiger partial charge >= 0.3 is 0 Å². The largest absolute Gasteiger partial charge is 0.379 e. The van der Waals surface area contributed by atoms with Gasteiger partial charge in [0.2, 0.25) is 0 Å². The maximum Gasteiger partial charge on any atom is 0.0731 e. The summed E-state index contributed by atoms with van der Waals surface area (Å²) in [6.07, 6.45) is 10.2. The van der Waals surface area contributed by atoms with Crippen LogP contribution in [0, 0.1) is 6.92 Å². The lowest BCUT2D eigenvalue weighted by Gasteiger charge is -2.30. The summed E-state index contributed by atoms with van der Waals surface area (Å²) in [5, 5.41) is 7.16. The lowest BCUT2D eigenvalue weighted by atomic mass is 9.85. The van der Waals surface area contributed by atoms with Gasteiger partial charge in [0, 0.05) is 15.2 Å². The van der Waals surface area contributed by atoms with Crippen LogP contribution in [0.4, 0.5) is 0 Å². The first-order valence-corrected chi connectivity index (χ1v) is 11.7. The maximum absolute atomic E-state index is 3.88. The Kier molecular flexibility index (Phi) is 7.41. The van der Waals surface area contributed by atoms with E-state index >= 15 is 0 Å². The lowest BCUT2D eigenvalue weighted by molar-refractivity contribution is 0.606. The number of hydrogen-bond donors (Lipinski definition) is 2. The average Bonchev–Trinajstić information content (AvgIpc) is 2.80. The predicted octanol–water partition coefficient (Wildman–Crippen LogP) is 6.39. The third-order valence-corrected chi connectivity index (χ3v) is 6.31. The topological polar surface area (TPSA) is 24.1 Å². The summed E-state index contributed by atoms with van der Waals surface area (Å²) in [4.78, 5) is 0.